The molecule has 6 nitrogen and oxygen atoms in total. The Morgan fingerprint density at radius 3 is 2.58 bits per heavy atom. The zero-order valence-corrected chi connectivity index (χ0v) is 10.4. The van der Waals surface area contributed by atoms with E-state index in [4.69, 9.17) is 5.73 Å². The number of anilines is 1. The molecule has 1 heterocycles. The van der Waals surface area contributed by atoms with Gasteiger partial charge in [-0.3, -0.25) is 9.59 Å². The Bertz CT molecular complexity index is 640. The summed E-state index contributed by atoms with van der Waals surface area (Å²) in [5.41, 5.74) is 5.41. The van der Waals surface area contributed by atoms with Crippen LogP contribution in [-0.4, -0.2) is 30.4 Å². The molecule has 0 saturated carbocycles. The van der Waals surface area contributed by atoms with Gasteiger partial charge in [-0.1, -0.05) is 24.3 Å². The second-order valence-electron chi connectivity index (χ2n) is 3.97. The maximum atomic E-state index is 12.0. The average Bonchev–Trinajstić information content (AvgIpc) is 2.43. The fourth-order valence-corrected chi connectivity index (χ4v) is 1.84. The number of nitrogens with one attached hydrogen (secondary N) is 2. The number of amides is 2. The van der Waals surface area contributed by atoms with Gasteiger partial charge in [-0.2, -0.15) is 0 Å². The van der Waals surface area contributed by atoms with Crippen LogP contribution in [0.4, 0.5) is 5.82 Å². The molecule has 6 heteroatoms. The highest BCUT2D eigenvalue weighted by atomic mass is 16.2. The molecule has 0 aliphatic rings. The first-order chi connectivity index (χ1) is 9.13. The Morgan fingerprint density at radius 1 is 1.26 bits per heavy atom. The third-order valence-corrected chi connectivity index (χ3v) is 2.70. The summed E-state index contributed by atoms with van der Waals surface area (Å²) < 4.78 is 0. The summed E-state index contributed by atoms with van der Waals surface area (Å²) in [5, 5.41) is 7.04. The molecule has 1 aromatic heterocycles. The van der Waals surface area contributed by atoms with Gasteiger partial charge in [0.15, 0.2) is 0 Å². The van der Waals surface area contributed by atoms with Crippen LogP contribution < -0.4 is 16.4 Å². The number of nitrogens with zero attached hydrogens (tertiary/aromatic N) is 1. The predicted molar refractivity (Wildman–Crippen MR) is 72.8 cm³/mol. The van der Waals surface area contributed by atoms with E-state index in [-0.39, 0.29) is 12.5 Å². The van der Waals surface area contributed by atoms with Gasteiger partial charge in [0.25, 0.3) is 5.91 Å². The van der Waals surface area contributed by atoms with E-state index >= 15 is 0 Å². The van der Waals surface area contributed by atoms with Gasteiger partial charge in [0.1, 0.15) is 5.82 Å². The summed E-state index contributed by atoms with van der Waals surface area (Å²) in [6, 6.07) is 7.42. The second-order valence-corrected chi connectivity index (χ2v) is 3.97. The van der Waals surface area contributed by atoms with E-state index in [0.717, 1.165) is 10.8 Å². The molecule has 0 fully saturated rings. The lowest BCUT2D eigenvalue weighted by Crippen LogP contribution is -2.33. The first-order valence-corrected chi connectivity index (χ1v) is 5.75. The molecule has 98 valence electrons. The largest absolute Gasteiger partial charge is 0.373 e. The fraction of sp³-hybridized carbons (Fsp3) is 0.154. The van der Waals surface area contributed by atoms with E-state index in [1.165, 1.54) is 6.20 Å². The van der Waals surface area contributed by atoms with Crippen LogP contribution in [0.15, 0.2) is 30.5 Å². The minimum atomic E-state index is -0.586. The first kappa shape index (κ1) is 12.8. The van der Waals surface area contributed by atoms with Crippen LogP contribution in [0.3, 0.4) is 0 Å². The molecular formula is C13H14N4O2. The minimum Gasteiger partial charge on any atom is -0.373 e. The van der Waals surface area contributed by atoms with Crippen molar-refractivity contribution in [1.29, 1.82) is 0 Å². The van der Waals surface area contributed by atoms with Crippen molar-refractivity contribution in [2.24, 2.45) is 5.73 Å². The third-order valence-electron chi connectivity index (χ3n) is 2.70. The number of rotatable bonds is 4. The summed E-state index contributed by atoms with van der Waals surface area (Å²) in [6.45, 7) is -0.194. The van der Waals surface area contributed by atoms with Crippen LogP contribution in [0.1, 0.15) is 10.4 Å². The number of fused-ring (bicyclic) bond motifs is 1. The smallest absolute Gasteiger partial charge is 0.253 e. The quantitative estimate of drug-likeness (QED) is 0.743. The van der Waals surface area contributed by atoms with Crippen LogP contribution in [0.5, 0.6) is 0 Å². The van der Waals surface area contributed by atoms with Crippen molar-refractivity contribution in [2.75, 3.05) is 18.9 Å². The van der Waals surface area contributed by atoms with Gasteiger partial charge in [-0.25, -0.2) is 4.98 Å². The van der Waals surface area contributed by atoms with Crippen molar-refractivity contribution in [1.82, 2.24) is 10.3 Å². The lowest BCUT2D eigenvalue weighted by molar-refractivity contribution is -0.117. The van der Waals surface area contributed by atoms with Gasteiger partial charge in [-0.05, 0) is 5.39 Å². The van der Waals surface area contributed by atoms with Gasteiger partial charge < -0.3 is 16.4 Å². The number of hydrogen-bond donors (Lipinski definition) is 3. The number of carbonyl (C=O) groups excluding carboxylic acids is 2. The van der Waals surface area contributed by atoms with E-state index in [1.54, 1.807) is 7.05 Å². The summed E-state index contributed by atoms with van der Waals surface area (Å²) >= 11 is 0. The Morgan fingerprint density at radius 2 is 1.95 bits per heavy atom. The SMILES string of the molecule is CNc1ncc(C(=O)NCC(N)=O)c2ccccc12. The maximum absolute atomic E-state index is 12.0. The minimum absolute atomic E-state index is 0.194. The van der Waals surface area contributed by atoms with Crippen molar-refractivity contribution in [2.45, 2.75) is 0 Å². The van der Waals surface area contributed by atoms with Crippen LogP contribution in [0.2, 0.25) is 0 Å². The maximum Gasteiger partial charge on any atom is 0.253 e. The summed E-state index contributed by atoms with van der Waals surface area (Å²) in [4.78, 5) is 26.8. The summed E-state index contributed by atoms with van der Waals surface area (Å²) in [6.07, 6.45) is 1.48. The Labute approximate surface area is 110 Å². The number of benzene rings is 1. The summed E-state index contributed by atoms with van der Waals surface area (Å²) in [5.74, 6) is -0.260. The van der Waals surface area contributed by atoms with E-state index in [0.29, 0.717) is 11.4 Å². The van der Waals surface area contributed by atoms with Crippen molar-refractivity contribution in [3.63, 3.8) is 0 Å². The zero-order chi connectivity index (χ0) is 13.8. The number of carbonyl (C=O) groups is 2. The lowest BCUT2D eigenvalue weighted by atomic mass is 10.1. The molecule has 2 aromatic rings. The average molecular weight is 258 g/mol. The van der Waals surface area contributed by atoms with Crippen molar-refractivity contribution < 1.29 is 9.59 Å². The molecule has 4 N–H and O–H groups in total. The van der Waals surface area contributed by atoms with Gasteiger partial charge in [0, 0.05) is 18.6 Å². The Balaban J connectivity index is 2.44. The zero-order valence-electron chi connectivity index (χ0n) is 10.4. The van der Waals surface area contributed by atoms with E-state index in [9.17, 15) is 9.59 Å². The molecule has 0 aliphatic heterocycles. The molecule has 19 heavy (non-hydrogen) atoms. The molecule has 2 rings (SSSR count). The van der Waals surface area contributed by atoms with Crippen molar-refractivity contribution >= 4 is 28.4 Å². The van der Waals surface area contributed by atoms with Crippen LogP contribution in [0, 0.1) is 0 Å². The Kier molecular flexibility index (Phi) is 3.61. The number of primary amides is 1. The predicted octanol–water partition coefficient (Wildman–Crippen LogP) is 0.492. The van der Waals surface area contributed by atoms with Crippen molar-refractivity contribution in [3.05, 3.63) is 36.0 Å². The molecule has 0 atom stereocenters. The molecule has 0 unspecified atom stereocenters. The highest BCUT2D eigenvalue weighted by molar-refractivity contribution is 6.09. The van der Waals surface area contributed by atoms with Crippen LogP contribution in [-0.2, 0) is 4.79 Å². The number of nitrogens with two attached hydrogens (primary N) is 1. The lowest BCUT2D eigenvalue weighted by Gasteiger charge is -2.09. The Hall–Kier alpha value is -2.63. The highest BCUT2D eigenvalue weighted by Crippen LogP contribution is 2.23. The van der Waals surface area contributed by atoms with Gasteiger partial charge >= 0.3 is 0 Å². The molecular weight excluding hydrogens is 244 g/mol. The molecule has 0 saturated heterocycles. The fourth-order valence-electron chi connectivity index (χ4n) is 1.84. The standard InChI is InChI=1S/C13H14N4O2/c1-15-12-9-5-3-2-4-8(9)10(6-16-12)13(19)17-7-11(14)18/h2-6H,7H2,1H3,(H2,14,18)(H,15,16)(H,17,19). The molecule has 0 bridgehead atoms. The van der Waals surface area contributed by atoms with Gasteiger partial charge in [0.2, 0.25) is 5.91 Å². The first-order valence-electron chi connectivity index (χ1n) is 5.75. The molecule has 0 aliphatic carbocycles. The molecule has 0 radical (unpaired) electrons. The van der Waals surface area contributed by atoms with Crippen LogP contribution in [0.25, 0.3) is 10.8 Å². The topological polar surface area (TPSA) is 97.1 Å². The van der Waals surface area contributed by atoms with E-state index in [1.807, 2.05) is 24.3 Å². The van der Waals surface area contributed by atoms with Crippen molar-refractivity contribution in [3.8, 4) is 0 Å². The number of aromatic nitrogens is 1. The number of pyridine rings is 1. The van der Waals surface area contributed by atoms with E-state index < -0.39 is 5.91 Å². The second kappa shape index (κ2) is 5.34. The molecule has 2 amide bonds. The normalized spacial score (nSPS) is 10.2. The van der Waals surface area contributed by atoms with E-state index in [2.05, 4.69) is 15.6 Å². The van der Waals surface area contributed by atoms with Gasteiger partial charge in [0.05, 0.1) is 12.1 Å². The summed E-state index contributed by atoms with van der Waals surface area (Å²) in [7, 11) is 1.77. The molecule has 1 aromatic carbocycles. The third kappa shape index (κ3) is 2.62. The van der Waals surface area contributed by atoms with Crippen LogP contribution >= 0.6 is 0 Å². The number of hydrogen-bond acceptors (Lipinski definition) is 4. The monoisotopic (exact) mass is 258 g/mol. The highest BCUT2D eigenvalue weighted by Gasteiger charge is 2.13. The van der Waals surface area contributed by atoms with Gasteiger partial charge in [-0.15, -0.1) is 0 Å². The molecule has 0 spiro atoms.